The van der Waals surface area contributed by atoms with Crippen molar-refractivity contribution in [3.63, 3.8) is 0 Å². The summed E-state index contributed by atoms with van der Waals surface area (Å²) in [6.45, 7) is 6.11. The molecule has 0 bridgehead atoms. The SMILES string of the molecule is CCCNc1cc(CN(C)c2ccc(C)cc2)ccn1. The van der Waals surface area contributed by atoms with Gasteiger partial charge in [-0.2, -0.15) is 0 Å². The van der Waals surface area contributed by atoms with Gasteiger partial charge in [-0.25, -0.2) is 4.98 Å². The maximum absolute atomic E-state index is 4.34. The van der Waals surface area contributed by atoms with Crippen LogP contribution in [0.2, 0.25) is 0 Å². The maximum Gasteiger partial charge on any atom is 0.126 e. The van der Waals surface area contributed by atoms with E-state index in [1.165, 1.54) is 16.8 Å². The van der Waals surface area contributed by atoms with Crippen LogP contribution in [0.4, 0.5) is 11.5 Å². The van der Waals surface area contributed by atoms with Crippen molar-refractivity contribution in [1.29, 1.82) is 0 Å². The molecule has 0 spiro atoms. The van der Waals surface area contributed by atoms with Crippen LogP contribution < -0.4 is 10.2 Å². The summed E-state index contributed by atoms with van der Waals surface area (Å²) in [7, 11) is 2.12. The Balaban J connectivity index is 2.03. The maximum atomic E-state index is 4.34. The van der Waals surface area contributed by atoms with Crippen molar-refractivity contribution in [2.24, 2.45) is 0 Å². The Kier molecular flexibility index (Phi) is 4.99. The molecule has 0 fully saturated rings. The van der Waals surface area contributed by atoms with Gasteiger partial charge < -0.3 is 10.2 Å². The van der Waals surface area contributed by atoms with Crippen molar-refractivity contribution < 1.29 is 0 Å². The van der Waals surface area contributed by atoms with Crippen molar-refractivity contribution in [1.82, 2.24) is 4.98 Å². The standard InChI is InChI=1S/C17H23N3/c1-4-10-18-17-12-15(9-11-19-17)13-20(3)16-7-5-14(2)6-8-16/h5-9,11-12H,4,10,13H2,1-3H3,(H,18,19). The molecule has 1 heterocycles. The predicted octanol–water partition coefficient (Wildman–Crippen LogP) is 3.85. The Morgan fingerprint density at radius 2 is 1.90 bits per heavy atom. The summed E-state index contributed by atoms with van der Waals surface area (Å²) >= 11 is 0. The first-order valence-corrected chi connectivity index (χ1v) is 7.15. The lowest BCUT2D eigenvalue weighted by molar-refractivity contribution is 0.915. The van der Waals surface area contributed by atoms with Crippen molar-refractivity contribution in [3.05, 3.63) is 53.7 Å². The lowest BCUT2D eigenvalue weighted by Crippen LogP contribution is -2.16. The molecule has 0 saturated heterocycles. The molecule has 0 aliphatic carbocycles. The molecular formula is C17H23N3. The van der Waals surface area contributed by atoms with Crippen molar-refractivity contribution >= 4 is 11.5 Å². The summed E-state index contributed by atoms with van der Waals surface area (Å²) in [6.07, 6.45) is 2.98. The van der Waals surface area contributed by atoms with Gasteiger partial charge in [0.05, 0.1) is 0 Å². The van der Waals surface area contributed by atoms with Crippen LogP contribution in [-0.4, -0.2) is 18.6 Å². The smallest absolute Gasteiger partial charge is 0.126 e. The Morgan fingerprint density at radius 3 is 2.60 bits per heavy atom. The normalized spacial score (nSPS) is 10.3. The molecule has 2 aromatic rings. The zero-order chi connectivity index (χ0) is 14.4. The van der Waals surface area contributed by atoms with Crippen LogP contribution in [0.3, 0.4) is 0 Å². The highest BCUT2D eigenvalue weighted by Crippen LogP contribution is 2.17. The fraction of sp³-hybridized carbons (Fsp3) is 0.353. The third-order valence-electron chi connectivity index (χ3n) is 3.27. The molecule has 0 saturated carbocycles. The Morgan fingerprint density at radius 1 is 1.15 bits per heavy atom. The van der Waals surface area contributed by atoms with Crippen LogP contribution in [0, 0.1) is 6.92 Å². The summed E-state index contributed by atoms with van der Waals surface area (Å²) in [5.41, 5.74) is 3.79. The van der Waals surface area contributed by atoms with Crippen LogP contribution in [0.1, 0.15) is 24.5 Å². The van der Waals surface area contributed by atoms with E-state index in [2.05, 4.69) is 72.5 Å². The van der Waals surface area contributed by atoms with Crippen LogP contribution >= 0.6 is 0 Å². The highest BCUT2D eigenvalue weighted by Gasteiger charge is 2.03. The van der Waals surface area contributed by atoms with Gasteiger partial charge in [-0.15, -0.1) is 0 Å². The van der Waals surface area contributed by atoms with E-state index >= 15 is 0 Å². The second-order valence-corrected chi connectivity index (χ2v) is 5.17. The fourth-order valence-corrected chi connectivity index (χ4v) is 2.09. The van der Waals surface area contributed by atoms with Gasteiger partial charge >= 0.3 is 0 Å². The van der Waals surface area contributed by atoms with Crippen molar-refractivity contribution in [2.75, 3.05) is 23.8 Å². The summed E-state index contributed by atoms with van der Waals surface area (Å²) < 4.78 is 0. The minimum Gasteiger partial charge on any atom is -0.370 e. The average molecular weight is 269 g/mol. The van der Waals surface area contributed by atoms with Gasteiger partial charge in [0.2, 0.25) is 0 Å². The molecule has 1 aromatic carbocycles. The summed E-state index contributed by atoms with van der Waals surface area (Å²) in [5.74, 6) is 0.960. The first-order valence-electron chi connectivity index (χ1n) is 7.15. The Hall–Kier alpha value is -2.03. The summed E-state index contributed by atoms with van der Waals surface area (Å²) in [6, 6.07) is 12.8. The number of nitrogens with one attached hydrogen (secondary N) is 1. The number of aryl methyl sites for hydroxylation is 1. The van der Waals surface area contributed by atoms with Gasteiger partial charge in [0.25, 0.3) is 0 Å². The van der Waals surface area contributed by atoms with Crippen LogP contribution in [0.5, 0.6) is 0 Å². The molecule has 3 nitrogen and oxygen atoms in total. The molecule has 0 aliphatic rings. The van der Waals surface area contributed by atoms with Gasteiger partial charge in [0, 0.05) is 32.0 Å². The number of hydrogen-bond acceptors (Lipinski definition) is 3. The molecule has 0 aliphatic heterocycles. The molecule has 106 valence electrons. The first kappa shape index (κ1) is 14.4. The summed E-state index contributed by atoms with van der Waals surface area (Å²) in [4.78, 5) is 6.59. The van der Waals surface area contributed by atoms with E-state index in [0.29, 0.717) is 0 Å². The number of hydrogen-bond donors (Lipinski definition) is 1. The highest BCUT2D eigenvalue weighted by atomic mass is 15.1. The number of aromatic nitrogens is 1. The van der Waals surface area contributed by atoms with E-state index in [-0.39, 0.29) is 0 Å². The molecule has 0 amide bonds. The molecule has 1 N–H and O–H groups in total. The topological polar surface area (TPSA) is 28.2 Å². The van der Waals surface area contributed by atoms with E-state index in [0.717, 1.165) is 25.3 Å². The lowest BCUT2D eigenvalue weighted by atomic mass is 10.2. The zero-order valence-electron chi connectivity index (χ0n) is 12.6. The van der Waals surface area contributed by atoms with Crippen molar-refractivity contribution in [2.45, 2.75) is 26.8 Å². The van der Waals surface area contributed by atoms with E-state index in [1.54, 1.807) is 0 Å². The average Bonchev–Trinajstić information content (AvgIpc) is 2.46. The van der Waals surface area contributed by atoms with Gasteiger partial charge in [0.1, 0.15) is 5.82 Å². The van der Waals surface area contributed by atoms with Gasteiger partial charge in [-0.05, 0) is 43.2 Å². The van der Waals surface area contributed by atoms with Crippen LogP contribution in [0.25, 0.3) is 0 Å². The summed E-state index contributed by atoms with van der Waals surface area (Å²) in [5, 5.41) is 3.33. The minimum absolute atomic E-state index is 0.881. The van der Waals surface area contributed by atoms with E-state index in [9.17, 15) is 0 Å². The number of rotatable bonds is 6. The molecule has 3 heteroatoms. The van der Waals surface area contributed by atoms with E-state index in [1.807, 2.05) is 6.20 Å². The number of pyridine rings is 1. The second-order valence-electron chi connectivity index (χ2n) is 5.17. The van der Waals surface area contributed by atoms with E-state index < -0.39 is 0 Å². The van der Waals surface area contributed by atoms with Gasteiger partial charge in [-0.3, -0.25) is 0 Å². The van der Waals surface area contributed by atoms with Crippen LogP contribution in [0.15, 0.2) is 42.6 Å². The molecular weight excluding hydrogens is 246 g/mol. The predicted molar refractivity (Wildman–Crippen MR) is 86.3 cm³/mol. The number of anilines is 2. The lowest BCUT2D eigenvalue weighted by Gasteiger charge is -2.20. The zero-order valence-corrected chi connectivity index (χ0v) is 12.6. The van der Waals surface area contributed by atoms with Gasteiger partial charge in [0.15, 0.2) is 0 Å². The molecule has 0 unspecified atom stereocenters. The molecule has 20 heavy (non-hydrogen) atoms. The minimum atomic E-state index is 0.881. The fourth-order valence-electron chi connectivity index (χ4n) is 2.09. The van der Waals surface area contributed by atoms with Gasteiger partial charge in [-0.1, -0.05) is 24.6 Å². The molecule has 0 radical (unpaired) electrons. The largest absolute Gasteiger partial charge is 0.370 e. The first-order chi connectivity index (χ1) is 9.69. The van der Waals surface area contributed by atoms with Crippen molar-refractivity contribution in [3.8, 4) is 0 Å². The molecule has 1 aromatic heterocycles. The quantitative estimate of drug-likeness (QED) is 0.863. The number of benzene rings is 1. The Bertz CT molecular complexity index is 534. The van der Waals surface area contributed by atoms with Crippen LogP contribution in [-0.2, 0) is 6.54 Å². The molecule has 2 rings (SSSR count). The molecule has 0 atom stereocenters. The Labute approximate surface area is 121 Å². The third kappa shape index (κ3) is 3.98. The second kappa shape index (κ2) is 6.94. The highest BCUT2D eigenvalue weighted by molar-refractivity contribution is 5.48. The van der Waals surface area contributed by atoms with E-state index in [4.69, 9.17) is 0 Å². The monoisotopic (exact) mass is 269 g/mol. The third-order valence-corrected chi connectivity index (χ3v) is 3.27. The number of nitrogens with zero attached hydrogens (tertiary/aromatic N) is 2.